The summed E-state index contributed by atoms with van der Waals surface area (Å²) in [5.74, 6) is 0. The van der Waals surface area contributed by atoms with E-state index in [4.69, 9.17) is 0 Å². The molecule has 4 amide bonds. The lowest BCUT2D eigenvalue weighted by Crippen LogP contribution is -2.32. The number of aromatic nitrogens is 5. The molecule has 1 fully saturated rings. The molecule has 252 valence electrons. The number of carbonyl (C=O) groups excluding carboxylic acids is 2. The van der Waals surface area contributed by atoms with Gasteiger partial charge in [0.1, 0.15) is 0 Å². The number of nitrogens with one attached hydrogen (secondary N) is 8. The zero-order chi connectivity index (χ0) is 34.2. The molecule has 4 heterocycles. The second-order valence-corrected chi connectivity index (χ2v) is 11.8. The van der Waals surface area contributed by atoms with E-state index in [2.05, 4.69) is 76.2 Å². The standard InChI is InChI=1S/C21H25N5O2.C14H13N5O2/c1-14-8-9-15(18(12-14)26-10-3-2-4-11-26)13-22-20(27)23-16-6-5-7-17-19(16)25-21(28)24-17;20-13(16-8-9-4-6-15-7-5-9)17-10-2-1-3-11-12(10)19-14(21)18-11/h5-9,12H,2-4,10-11,13H2,1H3,(H2,22,23,27)(H2,24,25,28);1-7H,8H2,(H2,16,17,20)(H2,18,19,21). The number of rotatable bonds is 7. The van der Waals surface area contributed by atoms with Crippen molar-refractivity contribution in [2.24, 2.45) is 0 Å². The number of benzene rings is 3. The fourth-order valence-corrected chi connectivity index (χ4v) is 5.77. The second kappa shape index (κ2) is 15.1. The summed E-state index contributed by atoms with van der Waals surface area (Å²) >= 11 is 0. The highest BCUT2D eigenvalue weighted by Gasteiger charge is 2.16. The van der Waals surface area contributed by atoms with Crippen molar-refractivity contribution in [2.45, 2.75) is 39.3 Å². The molecule has 14 heteroatoms. The van der Waals surface area contributed by atoms with E-state index < -0.39 is 0 Å². The van der Waals surface area contributed by atoms with E-state index in [1.165, 1.54) is 30.5 Å². The normalized spacial score (nSPS) is 12.6. The molecule has 0 unspecified atom stereocenters. The number of pyridine rings is 1. The molecule has 14 nitrogen and oxygen atoms in total. The minimum atomic E-state index is -0.346. The summed E-state index contributed by atoms with van der Waals surface area (Å²) < 4.78 is 0. The maximum Gasteiger partial charge on any atom is 0.323 e. The van der Waals surface area contributed by atoms with Crippen LogP contribution in [0.15, 0.2) is 88.7 Å². The topological polar surface area (TPSA) is 196 Å². The molecule has 1 aliphatic heterocycles. The minimum absolute atomic E-state index is 0.296. The Hall–Kier alpha value is -6.31. The van der Waals surface area contributed by atoms with Gasteiger partial charge in [-0.05, 0) is 85.3 Å². The first-order chi connectivity index (χ1) is 23.8. The molecule has 0 aliphatic carbocycles. The summed E-state index contributed by atoms with van der Waals surface area (Å²) in [7, 11) is 0. The van der Waals surface area contributed by atoms with Crippen LogP contribution in [0.4, 0.5) is 26.7 Å². The van der Waals surface area contributed by atoms with Crippen molar-refractivity contribution in [3.05, 3.63) is 117 Å². The van der Waals surface area contributed by atoms with E-state index in [9.17, 15) is 19.2 Å². The number of aromatic amines is 4. The average Bonchev–Trinajstić information content (AvgIpc) is 3.70. The van der Waals surface area contributed by atoms with Crippen molar-refractivity contribution in [1.82, 2.24) is 35.6 Å². The lowest BCUT2D eigenvalue weighted by atomic mass is 10.0. The van der Waals surface area contributed by atoms with Crippen molar-refractivity contribution >= 4 is 51.2 Å². The number of nitrogens with zero attached hydrogens (tertiary/aromatic N) is 2. The number of imidazole rings is 2. The maximum atomic E-state index is 12.5. The van der Waals surface area contributed by atoms with Gasteiger partial charge in [-0.15, -0.1) is 0 Å². The van der Waals surface area contributed by atoms with Gasteiger partial charge in [-0.2, -0.15) is 0 Å². The molecule has 8 N–H and O–H groups in total. The molecule has 0 atom stereocenters. The Morgan fingerprint density at radius 2 is 1.29 bits per heavy atom. The second-order valence-electron chi connectivity index (χ2n) is 11.8. The van der Waals surface area contributed by atoms with Gasteiger partial charge in [0, 0.05) is 44.3 Å². The van der Waals surface area contributed by atoms with Gasteiger partial charge in [0.2, 0.25) is 0 Å². The summed E-state index contributed by atoms with van der Waals surface area (Å²) in [6, 6.07) is 19.9. The number of aryl methyl sites for hydroxylation is 1. The molecular weight excluding hydrogens is 624 g/mol. The summed E-state index contributed by atoms with van der Waals surface area (Å²) in [6.45, 7) is 5.05. The van der Waals surface area contributed by atoms with Gasteiger partial charge in [0.05, 0.1) is 33.4 Å². The van der Waals surface area contributed by atoms with Crippen LogP contribution < -0.4 is 37.5 Å². The van der Waals surface area contributed by atoms with Crippen LogP contribution in [0.5, 0.6) is 0 Å². The van der Waals surface area contributed by atoms with Gasteiger partial charge in [-0.1, -0.05) is 24.3 Å². The third kappa shape index (κ3) is 8.35. The number of hydrogen-bond donors (Lipinski definition) is 8. The minimum Gasteiger partial charge on any atom is -0.371 e. The largest absolute Gasteiger partial charge is 0.371 e. The van der Waals surface area contributed by atoms with Crippen LogP contribution in [0.2, 0.25) is 0 Å². The average molecular weight is 663 g/mol. The van der Waals surface area contributed by atoms with Crippen molar-refractivity contribution in [3.8, 4) is 0 Å². The molecule has 49 heavy (non-hydrogen) atoms. The van der Waals surface area contributed by atoms with Gasteiger partial charge in [0.25, 0.3) is 0 Å². The van der Waals surface area contributed by atoms with E-state index in [-0.39, 0.29) is 23.4 Å². The smallest absolute Gasteiger partial charge is 0.323 e. The van der Waals surface area contributed by atoms with Gasteiger partial charge in [-0.25, -0.2) is 19.2 Å². The van der Waals surface area contributed by atoms with Gasteiger partial charge >= 0.3 is 23.4 Å². The monoisotopic (exact) mass is 662 g/mol. The molecular formula is C35H38N10O4. The lowest BCUT2D eigenvalue weighted by molar-refractivity contribution is 0.251. The number of carbonyl (C=O) groups is 2. The lowest BCUT2D eigenvalue weighted by Gasteiger charge is -2.31. The van der Waals surface area contributed by atoms with Crippen molar-refractivity contribution in [3.63, 3.8) is 0 Å². The number of amides is 4. The zero-order valence-corrected chi connectivity index (χ0v) is 27.0. The van der Waals surface area contributed by atoms with Crippen LogP contribution >= 0.6 is 0 Å². The number of urea groups is 2. The fraction of sp³-hybridized carbons (Fsp3) is 0.229. The van der Waals surface area contributed by atoms with Crippen LogP contribution in [-0.4, -0.2) is 50.1 Å². The van der Waals surface area contributed by atoms with Crippen LogP contribution in [0, 0.1) is 6.92 Å². The van der Waals surface area contributed by atoms with E-state index in [0.29, 0.717) is 46.5 Å². The van der Waals surface area contributed by atoms with Gasteiger partial charge < -0.3 is 46.1 Å². The number of hydrogen-bond acceptors (Lipinski definition) is 6. The van der Waals surface area contributed by atoms with Crippen molar-refractivity contribution in [1.29, 1.82) is 0 Å². The van der Waals surface area contributed by atoms with Crippen LogP contribution in [0.1, 0.15) is 36.0 Å². The van der Waals surface area contributed by atoms with Crippen LogP contribution in [0.3, 0.4) is 0 Å². The number of piperidine rings is 1. The van der Waals surface area contributed by atoms with Crippen molar-refractivity contribution in [2.75, 3.05) is 28.6 Å². The Labute approximate surface area is 280 Å². The molecule has 0 saturated carbocycles. The third-order valence-electron chi connectivity index (χ3n) is 8.18. The predicted octanol–water partition coefficient (Wildman–Crippen LogP) is 5.05. The molecule has 3 aromatic carbocycles. The number of para-hydroxylation sites is 2. The van der Waals surface area contributed by atoms with E-state index >= 15 is 0 Å². The molecule has 0 bridgehead atoms. The Morgan fingerprint density at radius 3 is 1.88 bits per heavy atom. The summed E-state index contributed by atoms with van der Waals surface area (Å²) in [5.41, 5.74) is 7.45. The highest BCUT2D eigenvalue weighted by Crippen LogP contribution is 2.26. The Kier molecular flexibility index (Phi) is 10.0. The van der Waals surface area contributed by atoms with Gasteiger partial charge in [-0.3, -0.25) is 4.98 Å². The SMILES string of the molecule is Cc1ccc(CNC(=O)Nc2cccc3[nH]c(=O)[nH]c23)c(N2CCCCC2)c1.O=C(NCc1ccncc1)Nc1cccc2[nH]c(=O)[nH]c12. The summed E-state index contributed by atoms with van der Waals surface area (Å²) in [4.78, 5) is 64.2. The van der Waals surface area contributed by atoms with Crippen LogP contribution in [0.25, 0.3) is 22.1 Å². The quantitative estimate of drug-likeness (QED) is 0.118. The molecule has 6 aromatic rings. The fourth-order valence-electron chi connectivity index (χ4n) is 5.77. The Balaban J connectivity index is 0.000000177. The summed E-state index contributed by atoms with van der Waals surface area (Å²) in [5, 5.41) is 11.2. The molecule has 0 spiro atoms. The van der Waals surface area contributed by atoms with E-state index in [0.717, 1.165) is 24.2 Å². The molecule has 3 aromatic heterocycles. The third-order valence-corrected chi connectivity index (χ3v) is 8.18. The van der Waals surface area contributed by atoms with Crippen LogP contribution in [-0.2, 0) is 13.1 Å². The highest BCUT2D eigenvalue weighted by atomic mass is 16.2. The van der Waals surface area contributed by atoms with E-state index in [1.807, 2.05) is 12.1 Å². The molecule has 7 rings (SSSR count). The van der Waals surface area contributed by atoms with Gasteiger partial charge in [0.15, 0.2) is 0 Å². The maximum absolute atomic E-state index is 12.5. The summed E-state index contributed by atoms with van der Waals surface area (Å²) in [6.07, 6.45) is 7.03. The number of anilines is 3. The van der Waals surface area contributed by atoms with Crippen molar-refractivity contribution < 1.29 is 9.59 Å². The highest BCUT2D eigenvalue weighted by molar-refractivity contribution is 5.99. The van der Waals surface area contributed by atoms with E-state index in [1.54, 1.807) is 48.8 Å². The molecule has 1 aliphatic rings. The first-order valence-electron chi connectivity index (χ1n) is 16.1. The molecule has 1 saturated heterocycles. The predicted molar refractivity (Wildman–Crippen MR) is 191 cm³/mol. The first kappa shape index (κ1) is 32.6. The number of H-pyrrole nitrogens is 4. The zero-order valence-electron chi connectivity index (χ0n) is 27.0. The number of fused-ring (bicyclic) bond motifs is 2. The first-order valence-corrected chi connectivity index (χ1v) is 16.1. The Bertz CT molecular complexity index is 2180. The Morgan fingerprint density at radius 1 is 0.714 bits per heavy atom. The molecule has 0 radical (unpaired) electrons.